The summed E-state index contributed by atoms with van der Waals surface area (Å²) in [5.74, 6) is 0. The summed E-state index contributed by atoms with van der Waals surface area (Å²) in [6.45, 7) is 8.29. The fourth-order valence-corrected chi connectivity index (χ4v) is 2.83. The Bertz CT molecular complexity index is 575. The molecule has 1 aromatic carbocycles. The lowest BCUT2D eigenvalue weighted by Crippen LogP contribution is -2.31. The van der Waals surface area contributed by atoms with E-state index in [9.17, 15) is 0 Å². The van der Waals surface area contributed by atoms with Crippen molar-refractivity contribution in [2.24, 2.45) is 0 Å². The van der Waals surface area contributed by atoms with Gasteiger partial charge in [-0.3, -0.25) is 4.68 Å². The zero-order valence-corrected chi connectivity index (χ0v) is 12.2. The Hall–Kier alpha value is -1.81. The molecule has 20 heavy (non-hydrogen) atoms. The number of benzene rings is 1. The summed E-state index contributed by atoms with van der Waals surface area (Å²) in [7, 11) is 0. The lowest BCUT2D eigenvalue weighted by atomic mass is 10.1. The summed E-state index contributed by atoms with van der Waals surface area (Å²) in [5.41, 5.74) is 4.00. The second-order valence-electron chi connectivity index (χ2n) is 5.30. The van der Waals surface area contributed by atoms with Crippen molar-refractivity contribution in [1.82, 2.24) is 15.1 Å². The number of anilines is 1. The third kappa shape index (κ3) is 2.43. The highest BCUT2D eigenvalue weighted by molar-refractivity contribution is 5.55. The summed E-state index contributed by atoms with van der Waals surface area (Å²) in [4.78, 5) is 2.48. The number of aryl methyl sites for hydroxylation is 1. The fraction of sp³-hybridized carbons (Fsp3) is 0.438. The van der Waals surface area contributed by atoms with Gasteiger partial charge in [-0.2, -0.15) is 5.10 Å². The maximum atomic E-state index is 4.40. The molecule has 2 heterocycles. The van der Waals surface area contributed by atoms with Crippen LogP contribution in [0.25, 0.3) is 0 Å². The maximum absolute atomic E-state index is 4.40. The van der Waals surface area contributed by atoms with Crippen molar-refractivity contribution in [2.45, 2.75) is 33.0 Å². The minimum absolute atomic E-state index is 0.344. The summed E-state index contributed by atoms with van der Waals surface area (Å²) < 4.78 is 1.99. The highest BCUT2D eigenvalue weighted by atomic mass is 15.3. The molecule has 0 bridgehead atoms. The summed E-state index contributed by atoms with van der Waals surface area (Å²) in [6.07, 6.45) is 4.15. The third-order valence-corrected chi connectivity index (χ3v) is 4.07. The Morgan fingerprint density at radius 3 is 3.00 bits per heavy atom. The first-order valence-corrected chi connectivity index (χ1v) is 7.37. The predicted molar refractivity (Wildman–Crippen MR) is 81.8 cm³/mol. The largest absolute Gasteiger partial charge is 0.363 e. The van der Waals surface area contributed by atoms with Crippen LogP contribution in [-0.2, 0) is 13.1 Å². The van der Waals surface area contributed by atoms with Gasteiger partial charge in [0.2, 0.25) is 0 Å². The second kappa shape index (κ2) is 5.67. The molecule has 4 heteroatoms. The molecule has 3 rings (SSSR count). The van der Waals surface area contributed by atoms with Gasteiger partial charge in [0.1, 0.15) is 0 Å². The Labute approximate surface area is 120 Å². The molecule has 0 saturated carbocycles. The minimum Gasteiger partial charge on any atom is -0.363 e. The van der Waals surface area contributed by atoms with Crippen molar-refractivity contribution in [2.75, 3.05) is 18.0 Å². The van der Waals surface area contributed by atoms with E-state index in [4.69, 9.17) is 0 Å². The molecule has 4 nitrogen and oxygen atoms in total. The quantitative estimate of drug-likeness (QED) is 0.930. The van der Waals surface area contributed by atoms with Gasteiger partial charge >= 0.3 is 0 Å². The number of nitrogens with one attached hydrogen (secondary N) is 1. The summed E-state index contributed by atoms with van der Waals surface area (Å²) in [5, 5.41) is 7.90. The Morgan fingerprint density at radius 2 is 2.20 bits per heavy atom. The molecule has 106 valence electrons. The van der Waals surface area contributed by atoms with Gasteiger partial charge < -0.3 is 10.2 Å². The molecule has 2 aromatic rings. The van der Waals surface area contributed by atoms with Crippen LogP contribution in [0.5, 0.6) is 0 Å². The van der Waals surface area contributed by atoms with Crippen LogP contribution in [0.15, 0.2) is 36.7 Å². The molecule has 0 radical (unpaired) electrons. The van der Waals surface area contributed by atoms with E-state index in [0.717, 1.165) is 26.2 Å². The van der Waals surface area contributed by atoms with Crippen LogP contribution in [0.2, 0.25) is 0 Å². The molecule has 0 aliphatic carbocycles. The Kier molecular flexibility index (Phi) is 3.74. The molecule has 1 aliphatic heterocycles. The Balaban J connectivity index is 1.92. The third-order valence-electron chi connectivity index (χ3n) is 4.07. The molecular formula is C16H22N4. The van der Waals surface area contributed by atoms with E-state index >= 15 is 0 Å². The van der Waals surface area contributed by atoms with Gasteiger partial charge in [-0.05, 0) is 25.5 Å². The van der Waals surface area contributed by atoms with E-state index in [-0.39, 0.29) is 0 Å². The van der Waals surface area contributed by atoms with E-state index in [1.165, 1.54) is 16.8 Å². The van der Waals surface area contributed by atoms with Gasteiger partial charge in [-0.25, -0.2) is 0 Å². The molecule has 0 amide bonds. The lowest BCUT2D eigenvalue weighted by Gasteiger charge is -2.30. The fourth-order valence-electron chi connectivity index (χ4n) is 2.83. The molecule has 1 unspecified atom stereocenters. The number of fused-ring (bicyclic) bond motifs is 1. The SMILES string of the molecule is CCn1cc(C(C)N2CCNCc3ccccc32)cn1. The maximum Gasteiger partial charge on any atom is 0.0545 e. The highest BCUT2D eigenvalue weighted by Gasteiger charge is 2.21. The van der Waals surface area contributed by atoms with Gasteiger partial charge in [-0.15, -0.1) is 0 Å². The first-order valence-electron chi connectivity index (χ1n) is 7.37. The topological polar surface area (TPSA) is 33.1 Å². The van der Waals surface area contributed by atoms with E-state index in [2.05, 4.69) is 59.6 Å². The molecular weight excluding hydrogens is 248 g/mol. The number of rotatable bonds is 3. The second-order valence-corrected chi connectivity index (χ2v) is 5.30. The number of aromatic nitrogens is 2. The summed E-state index contributed by atoms with van der Waals surface area (Å²) >= 11 is 0. The average molecular weight is 270 g/mol. The van der Waals surface area contributed by atoms with E-state index in [0.29, 0.717) is 6.04 Å². The molecule has 0 fully saturated rings. The lowest BCUT2D eigenvalue weighted by molar-refractivity contribution is 0.634. The van der Waals surface area contributed by atoms with Gasteiger partial charge in [-0.1, -0.05) is 18.2 Å². The Morgan fingerprint density at radius 1 is 1.35 bits per heavy atom. The van der Waals surface area contributed by atoms with Crippen LogP contribution >= 0.6 is 0 Å². The number of hydrogen-bond acceptors (Lipinski definition) is 3. The van der Waals surface area contributed by atoms with Crippen molar-refractivity contribution in [3.05, 3.63) is 47.8 Å². The van der Waals surface area contributed by atoms with Crippen molar-refractivity contribution in [3.63, 3.8) is 0 Å². The van der Waals surface area contributed by atoms with Crippen LogP contribution in [0.1, 0.15) is 31.0 Å². The minimum atomic E-state index is 0.344. The van der Waals surface area contributed by atoms with E-state index in [1.54, 1.807) is 0 Å². The first-order chi connectivity index (χ1) is 9.79. The van der Waals surface area contributed by atoms with Crippen molar-refractivity contribution < 1.29 is 0 Å². The standard InChI is InChI=1S/C16H22N4/c1-3-19-12-15(11-18-19)13(2)20-9-8-17-10-14-6-4-5-7-16(14)20/h4-7,11-13,17H,3,8-10H2,1-2H3. The van der Waals surface area contributed by atoms with Gasteiger partial charge in [0.15, 0.2) is 0 Å². The molecule has 1 aromatic heterocycles. The van der Waals surface area contributed by atoms with Crippen LogP contribution in [0.3, 0.4) is 0 Å². The first kappa shape index (κ1) is 13.2. The van der Waals surface area contributed by atoms with Gasteiger partial charge in [0.05, 0.1) is 12.2 Å². The van der Waals surface area contributed by atoms with Crippen LogP contribution < -0.4 is 10.2 Å². The smallest absolute Gasteiger partial charge is 0.0545 e. The van der Waals surface area contributed by atoms with Crippen molar-refractivity contribution in [3.8, 4) is 0 Å². The molecule has 0 saturated heterocycles. The number of nitrogens with zero attached hydrogens (tertiary/aromatic N) is 3. The molecule has 1 aliphatic rings. The number of hydrogen-bond donors (Lipinski definition) is 1. The van der Waals surface area contributed by atoms with Crippen LogP contribution in [-0.4, -0.2) is 22.9 Å². The van der Waals surface area contributed by atoms with Gasteiger partial charge in [0.25, 0.3) is 0 Å². The normalized spacial score (nSPS) is 16.6. The predicted octanol–water partition coefficient (Wildman–Crippen LogP) is 2.57. The molecule has 1 atom stereocenters. The monoisotopic (exact) mass is 270 g/mol. The van der Waals surface area contributed by atoms with Gasteiger partial charge in [0, 0.05) is 43.6 Å². The zero-order chi connectivity index (χ0) is 13.9. The van der Waals surface area contributed by atoms with E-state index < -0.39 is 0 Å². The van der Waals surface area contributed by atoms with Crippen molar-refractivity contribution in [1.29, 1.82) is 0 Å². The molecule has 1 N–H and O–H groups in total. The van der Waals surface area contributed by atoms with Crippen LogP contribution in [0.4, 0.5) is 5.69 Å². The zero-order valence-electron chi connectivity index (χ0n) is 12.2. The highest BCUT2D eigenvalue weighted by Crippen LogP contribution is 2.30. The van der Waals surface area contributed by atoms with E-state index in [1.807, 2.05) is 10.9 Å². The average Bonchev–Trinajstić information content (AvgIpc) is 2.86. The van der Waals surface area contributed by atoms with Crippen molar-refractivity contribution >= 4 is 5.69 Å². The molecule has 0 spiro atoms. The van der Waals surface area contributed by atoms with Crippen LogP contribution in [0, 0.1) is 0 Å². The number of para-hydroxylation sites is 1. The summed E-state index contributed by atoms with van der Waals surface area (Å²) in [6, 6.07) is 9.02.